The summed E-state index contributed by atoms with van der Waals surface area (Å²) in [7, 11) is 1.25. The van der Waals surface area contributed by atoms with E-state index in [9.17, 15) is 23.2 Å². The molecule has 1 amide bonds. The number of esters is 2. The van der Waals surface area contributed by atoms with Gasteiger partial charge in [0.05, 0.1) is 37.0 Å². The molecule has 0 bridgehead atoms. The minimum atomic E-state index is -2.90. The summed E-state index contributed by atoms with van der Waals surface area (Å²) in [5.41, 5.74) is 0.598. The highest BCUT2D eigenvalue weighted by Crippen LogP contribution is 2.28. The average molecular weight is 415 g/mol. The van der Waals surface area contributed by atoms with Crippen molar-refractivity contribution >= 4 is 29.6 Å². The molecule has 1 saturated heterocycles. The number of alkyl halides is 2. The molecule has 0 aliphatic carbocycles. The van der Waals surface area contributed by atoms with Gasteiger partial charge < -0.3 is 19.1 Å². The predicted octanol–water partition coefficient (Wildman–Crippen LogP) is 2.35. The van der Waals surface area contributed by atoms with Crippen LogP contribution in [-0.4, -0.2) is 55.4 Å². The first-order valence-corrected chi connectivity index (χ1v) is 9.30. The van der Waals surface area contributed by atoms with Crippen molar-refractivity contribution in [1.29, 1.82) is 0 Å². The lowest BCUT2D eigenvalue weighted by atomic mass is 10.1. The molecule has 0 unspecified atom stereocenters. The van der Waals surface area contributed by atoms with Crippen molar-refractivity contribution in [2.24, 2.45) is 0 Å². The third-order valence-electron chi connectivity index (χ3n) is 3.64. The number of halogens is 2. The zero-order valence-corrected chi connectivity index (χ0v) is 15.9. The molecule has 0 aromatic heterocycles. The zero-order valence-electron chi connectivity index (χ0n) is 15.1. The number of ether oxygens (including phenoxy) is 3. The summed E-state index contributed by atoms with van der Waals surface area (Å²) in [5, 5.41) is 0.509. The molecule has 0 N–H and O–H groups in total. The number of carbonyl (C=O) groups excluding carboxylic acids is 3. The summed E-state index contributed by atoms with van der Waals surface area (Å²) < 4.78 is 38.1. The van der Waals surface area contributed by atoms with E-state index in [0.717, 1.165) is 0 Å². The maximum absolute atomic E-state index is 12.1. The van der Waals surface area contributed by atoms with E-state index in [-0.39, 0.29) is 30.4 Å². The highest BCUT2D eigenvalue weighted by atomic mass is 32.2. The lowest BCUT2D eigenvalue weighted by Crippen LogP contribution is -2.27. The number of nitrogens with zero attached hydrogens (tertiary/aromatic N) is 1. The number of hydrogen-bond donors (Lipinski definition) is 0. The first-order valence-electron chi connectivity index (χ1n) is 8.31. The largest absolute Gasteiger partial charge is 0.466 e. The number of carbonyl (C=O) groups is 3. The summed E-state index contributed by atoms with van der Waals surface area (Å²) in [5.74, 6) is -0.893. The van der Waals surface area contributed by atoms with E-state index in [1.54, 1.807) is 0 Å². The van der Waals surface area contributed by atoms with Crippen LogP contribution in [0.15, 0.2) is 35.4 Å². The SMILES string of the molecule is COC(=O)/C=C1/SCC(=O)N1CCCOC(=O)Cc1ccc(OC(F)F)cc1. The van der Waals surface area contributed by atoms with Crippen LogP contribution in [0, 0.1) is 0 Å². The fraction of sp³-hybridized carbons (Fsp3) is 0.389. The molecule has 1 fully saturated rings. The number of rotatable bonds is 9. The Morgan fingerprint density at radius 2 is 2.00 bits per heavy atom. The Kier molecular flexibility index (Phi) is 8.24. The topological polar surface area (TPSA) is 82.1 Å². The van der Waals surface area contributed by atoms with Gasteiger partial charge in [-0.05, 0) is 24.1 Å². The second kappa shape index (κ2) is 10.6. The molecule has 1 heterocycles. The van der Waals surface area contributed by atoms with Crippen LogP contribution in [0.4, 0.5) is 8.78 Å². The first-order chi connectivity index (χ1) is 13.4. The summed E-state index contributed by atoms with van der Waals surface area (Å²) in [4.78, 5) is 36.5. The normalized spacial score (nSPS) is 15.2. The van der Waals surface area contributed by atoms with Gasteiger partial charge in [0.15, 0.2) is 0 Å². The van der Waals surface area contributed by atoms with Gasteiger partial charge in [-0.25, -0.2) is 4.79 Å². The molecule has 7 nitrogen and oxygen atoms in total. The van der Waals surface area contributed by atoms with Gasteiger partial charge in [-0.2, -0.15) is 8.78 Å². The fourth-order valence-corrected chi connectivity index (χ4v) is 3.30. The Hall–Kier alpha value is -2.62. The first kappa shape index (κ1) is 21.7. The van der Waals surface area contributed by atoms with E-state index in [4.69, 9.17) is 4.74 Å². The van der Waals surface area contributed by atoms with Gasteiger partial charge in [-0.3, -0.25) is 9.59 Å². The van der Waals surface area contributed by atoms with E-state index in [2.05, 4.69) is 9.47 Å². The zero-order chi connectivity index (χ0) is 20.5. The van der Waals surface area contributed by atoms with Crippen LogP contribution in [-0.2, 0) is 30.3 Å². The Morgan fingerprint density at radius 1 is 1.29 bits per heavy atom. The molecule has 1 aliphatic rings. The molecular formula is C18H19F2NO6S. The van der Waals surface area contributed by atoms with Crippen molar-refractivity contribution in [1.82, 2.24) is 4.90 Å². The van der Waals surface area contributed by atoms with E-state index in [0.29, 0.717) is 23.6 Å². The molecule has 152 valence electrons. The maximum atomic E-state index is 12.1. The molecule has 0 atom stereocenters. The lowest BCUT2D eigenvalue weighted by Gasteiger charge is -2.16. The Bertz CT molecular complexity index is 738. The Morgan fingerprint density at radius 3 is 2.64 bits per heavy atom. The summed E-state index contributed by atoms with van der Waals surface area (Å²) in [6, 6.07) is 5.70. The van der Waals surface area contributed by atoms with Gasteiger partial charge in [0.1, 0.15) is 5.75 Å². The van der Waals surface area contributed by atoms with Gasteiger partial charge in [0.2, 0.25) is 5.91 Å². The van der Waals surface area contributed by atoms with Crippen molar-refractivity contribution in [3.63, 3.8) is 0 Å². The number of thioether (sulfide) groups is 1. The molecule has 1 aromatic carbocycles. The van der Waals surface area contributed by atoms with Gasteiger partial charge in [-0.1, -0.05) is 23.9 Å². The number of hydrogen-bond acceptors (Lipinski definition) is 7. The maximum Gasteiger partial charge on any atom is 0.387 e. The van der Waals surface area contributed by atoms with Crippen molar-refractivity contribution in [3.8, 4) is 5.75 Å². The predicted molar refractivity (Wildman–Crippen MR) is 96.6 cm³/mol. The quantitative estimate of drug-likeness (QED) is 0.348. The average Bonchev–Trinajstić information content (AvgIpc) is 2.99. The van der Waals surface area contributed by atoms with E-state index < -0.39 is 18.6 Å². The van der Waals surface area contributed by atoms with Crippen LogP contribution in [0.25, 0.3) is 0 Å². The van der Waals surface area contributed by atoms with E-state index in [1.807, 2.05) is 0 Å². The second-order valence-corrected chi connectivity index (χ2v) is 6.61. The number of benzene rings is 1. The molecule has 28 heavy (non-hydrogen) atoms. The van der Waals surface area contributed by atoms with Crippen LogP contribution in [0.3, 0.4) is 0 Å². The Labute approximate surface area is 164 Å². The molecule has 10 heteroatoms. The minimum Gasteiger partial charge on any atom is -0.466 e. The molecule has 1 aliphatic heterocycles. The summed E-state index contributed by atoms with van der Waals surface area (Å²) >= 11 is 1.24. The van der Waals surface area contributed by atoms with E-state index in [1.165, 1.54) is 54.1 Å². The molecule has 0 saturated carbocycles. The molecular weight excluding hydrogens is 396 g/mol. The van der Waals surface area contributed by atoms with Crippen LogP contribution in [0.2, 0.25) is 0 Å². The van der Waals surface area contributed by atoms with Crippen molar-refractivity contribution in [3.05, 3.63) is 40.9 Å². The van der Waals surface area contributed by atoms with Gasteiger partial charge in [0.25, 0.3) is 0 Å². The monoisotopic (exact) mass is 415 g/mol. The van der Waals surface area contributed by atoms with Crippen molar-refractivity contribution in [2.75, 3.05) is 26.0 Å². The highest BCUT2D eigenvalue weighted by Gasteiger charge is 2.27. The Balaban J connectivity index is 1.74. The number of amides is 1. The van der Waals surface area contributed by atoms with Crippen LogP contribution in [0.5, 0.6) is 5.75 Å². The second-order valence-electron chi connectivity index (χ2n) is 5.61. The minimum absolute atomic E-state index is 0.0103. The fourth-order valence-electron chi connectivity index (χ4n) is 2.34. The third kappa shape index (κ3) is 6.84. The summed E-state index contributed by atoms with van der Waals surface area (Å²) in [6.45, 7) is -2.49. The van der Waals surface area contributed by atoms with Crippen molar-refractivity contribution in [2.45, 2.75) is 19.5 Å². The van der Waals surface area contributed by atoms with Crippen LogP contribution in [0.1, 0.15) is 12.0 Å². The van der Waals surface area contributed by atoms with Gasteiger partial charge >= 0.3 is 18.6 Å². The third-order valence-corrected chi connectivity index (χ3v) is 4.66. The lowest BCUT2D eigenvalue weighted by molar-refractivity contribution is -0.143. The standard InChI is InChI=1S/C18H19F2NO6S/c1-25-16(23)10-15-21(14(22)11-28-15)7-2-8-26-17(24)9-12-3-5-13(6-4-12)27-18(19)20/h3-6,10,18H,2,7-9,11H2,1H3/b15-10+. The smallest absolute Gasteiger partial charge is 0.387 e. The van der Waals surface area contributed by atoms with Crippen LogP contribution < -0.4 is 4.74 Å². The molecule has 0 spiro atoms. The van der Waals surface area contributed by atoms with Crippen LogP contribution >= 0.6 is 11.8 Å². The number of methoxy groups -OCH3 is 1. The van der Waals surface area contributed by atoms with Crippen molar-refractivity contribution < 1.29 is 37.4 Å². The molecule has 0 radical (unpaired) electrons. The van der Waals surface area contributed by atoms with Gasteiger partial charge in [-0.15, -0.1) is 0 Å². The van der Waals surface area contributed by atoms with Gasteiger partial charge in [0, 0.05) is 6.54 Å². The molecule has 1 aromatic rings. The highest BCUT2D eigenvalue weighted by molar-refractivity contribution is 8.04. The molecule has 2 rings (SSSR count). The van der Waals surface area contributed by atoms with E-state index >= 15 is 0 Å². The summed E-state index contributed by atoms with van der Waals surface area (Å²) in [6.07, 6.45) is 1.64.